The molecule has 2 aliphatic rings. The molecule has 3 N–H and O–H groups in total. The van der Waals surface area contributed by atoms with E-state index >= 15 is 0 Å². The van der Waals surface area contributed by atoms with E-state index in [1.54, 1.807) is 0 Å². The van der Waals surface area contributed by atoms with E-state index < -0.39 is 11.7 Å². The van der Waals surface area contributed by atoms with Gasteiger partial charge in [-0.15, -0.1) is 0 Å². The van der Waals surface area contributed by atoms with Crippen molar-refractivity contribution in [3.8, 4) is 0 Å². The molecule has 2 fully saturated rings. The summed E-state index contributed by atoms with van der Waals surface area (Å²) in [6, 6.07) is -0.425. The molecule has 0 radical (unpaired) electrons. The summed E-state index contributed by atoms with van der Waals surface area (Å²) in [5.41, 5.74) is 4.62. The lowest BCUT2D eigenvalue weighted by Gasteiger charge is -2.30. The largest absolute Gasteiger partial charge is 0.352 e. The van der Waals surface area contributed by atoms with Crippen molar-refractivity contribution in [2.45, 2.75) is 43.8 Å². The van der Waals surface area contributed by atoms with Crippen LogP contribution in [0.15, 0.2) is 0 Å². The third-order valence-electron chi connectivity index (χ3n) is 3.33. The number of hydrogen-bond donors (Lipinski definition) is 2. The van der Waals surface area contributed by atoms with E-state index in [4.69, 9.17) is 5.73 Å². The molecule has 0 aromatic heterocycles. The van der Waals surface area contributed by atoms with E-state index in [1.807, 2.05) is 0 Å². The molecule has 80 valence electrons. The summed E-state index contributed by atoms with van der Waals surface area (Å²) < 4.78 is 13.2. The Morgan fingerprint density at radius 2 is 2.21 bits per heavy atom. The summed E-state index contributed by atoms with van der Waals surface area (Å²) in [5.74, 6) is 0.142. The summed E-state index contributed by atoms with van der Waals surface area (Å²) in [5, 5.41) is 2.60. The number of hydrogen-bond acceptors (Lipinski definition) is 2. The van der Waals surface area contributed by atoms with Gasteiger partial charge in [-0.25, -0.2) is 4.39 Å². The minimum Gasteiger partial charge on any atom is -0.352 e. The van der Waals surface area contributed by atoms with Crippen LogP contribution in [0.2, 0.25) is 0 Å². The van der Waals surface area contributed by atoms with Crippen LogP contribution >= 0.6 is 0 Å². The van der Waals surface area contributed by atoms with Gasteiger partial charge in [0.05, 0.1) is 12.6 Å². The molecular formula is C10H17FN2O. The first-order valence-corrected chi connectivity index (χ1v) is 5.33. The normalized spacial score (nSPS) is 26.4. The molecule has 0 unspecified atom stereocenters. The highest BCUT2D eigenvalue weighted by Crippen LogP contribution is 2.38. The first-order chi connectivity index (χ1) is 6.61. The predicted octanol–water partition coefficient (Wildman–Crippen LogP) is 0.732. The van der Waals surface area contributed by atoms with Crippen LogP contribution in [0.25, 0.3) is 0 Å². The molecule has 0 aromatic carbocycles. The third-order valence-corrected chi connectivity index (χ3v) is 3.33. The van der Waals surface area contributed by atoms with Gasteiger partial charge < -0.3 is 11.1 Å². The van der Waals surface area contributed by atoms with E-state index in [2.05, 4.69) is 5.32 Å². The fourth-order valence-electron chi connectivity index (χ4n) is 1.69. The highest BCUT2D eigenvalue weighted by molar-refractivity contribution is 5.82. The number of carbonyl (C=O) groups excluding carboxylic acids is 1. The highest BCUT2D eigenvalue weighted by atomic mass is 19.1. The second kappa shape index (κ2) is 3.50. The molecule has 2 saturated carbocycles. The van der Waals surface area contributed by atoms with Crippen LogP contribution in [0.4, 0.5) is 4.39 Å². The molecule has 2 aliphatic carbocycles. The van der Waals surface area contributed by atoms with Crippen molar-refractivity contribution in [2.75, 3.05) is 6.54 Å². The van der Waals surface area contributed by atoms with Gasteiger partial charge in [0, 0.05) is 0 Å². The zero-order valence-corrected chi connectivity index (χ0v) is 8.26. The SMILES string of the molecule is N[C@@H](C(=O)NCC1(F)CC1)C1CCC1. The van der Waals surface area contributed by atoms with Gasteiger partial charge in [-0.3, -0.25) is 4.79 Å². The van der Waals surface area contributed by atoms with Crippen LogP contribution in [0.5, 0.6) is 0 Å². The van der Waals surface area contributed by atoms with E-state index in [-0.39, 0.29) is 12.5 Å². The smallest absolute Gasteiger partial charge is 0.237 e. The molecule has 0 saturated heterocycles. The molecule has 4 heteroatoms. The maximum atomic E-state index is 13.2. The van der Waals surface area contributed by atoms with Gasteiger partial charge in [-0.1, -0.05) is 6.42 Å². The minimum absolute atomic E-state index is 0.145. The summed E-state index contributed by atoms with van der Waals surface area (Å²) in [4.78, 5) is 11.4. The number of carbonyl (C=O) groups is 1. The topological polar surface area (TPSA) is 55.1 Å². The van der Waals surface area contributed by atoms with Crippen LogP contribution in [0.3, 0.4) is 0 Å². The van der Waals surface area contributed by atoms with E-state index in [0.717, 1.165) is 12.8 Å². The van der Waals surface area contributed by atoms with Crippen LogP contribution in [-0.2, 0) is 4.79 Å². The number of nitrogens with one attached hydrogen (secondary N) is 1. The van der Waals surface area contributed by atoms with Gasteiger partial charge >= 0.3 is 0 Å². The van der Waals surface area contributed by atoms with Crippen LogP contribution in [-0.4, -0.2) is 24.2 Å². The lowest BCUT2D eigenvalue weighted by Crippen LogP contribution is -2.49. The van der Waals surface area contributed by atoms with Gasteiger partial charge in [-0.2, -0.15) is 0 Å². The first-order valence-electron chi connectivity index (χ1n) is 5.33. The Kier molecular flexibility index (Phi) is 2.47. The third kappa shape index (κ3) is 2.05. The molecule has 0 spiro atoms. The Balaban J connectivity index is 1.71. The summed E-state index contributed by atoms with van der Waals surface area (Å²) >= 11 is 0. The maximum Gasteiger partial charge on any atom is 0.237 e. The van der Waals surface area contributed by atoms with Crippen molar-refractivity contribution >= 4 is 5.91 Å². The minimum atomic E-state index is -1.12. The van der Waals surface area contributed by atoms with Gasteiger partial charge in [-0.05, 0) is 31.6 Å². The van der Waals surface area contributed by atoms with Crippen LogP contribution in [0.1, 0.15) is 32.1 Å². The maximum absolute atomic E-state index is 13.2. The van der Waals surface area contributed by atoms with Gasteiger partial charge in [0.15, 0.2) is 0 Å². The Morgan fingerprint density at radius 1 is 1.57 bits per heavy atom. The first kappa shape index (κ1) is 9.90. The van der Waals surface area contributed by atoms with Crippen molar-refractivity contribution in [3.05, 3.63) is 0 Å². The lowest BCUT2D eigenvalue weighted by atomic mass is 9.80. The van der Waals surface area contributed by atoms with Crippen molar-refractivity contribution in [1.29, 1.82) is 0 Å². The van der Waals surface area contributed by atoms with Gasteiger partial charge in [0.25, 0.3) is 0 Å². The zero-order chi connectivity index (χ0) is 10.2. The summed E-state index contributed by atoms with van der Waals surface area (Å²) in [6.45, 7) is 0.145. The lowest BCUT2D eigenvalue weighted by molar-refractivity contribution is -0.124. The number of amides is 1. The van der Waals surface area contributed by atoms with Gasteiger partial charge in [0.2, 0.25) is 5.91 Å². The standard InChI is InChI=1S/C10H17FN2O/c11-10(4-5-10)6-13-9(14)8(12)7-2-1-3-7/h7-8H,1-6,12H2,(H,13,14)/t8-/m1/s1. The average Bonchev–Trinajstić information content (AvgIpc) is 2.77. The number of rotatable bonds is 4. The predicted molar refractivity (Wildman–Crippen MR) is 51.4 cm³/mol. The van der Waals surface area contributed by atoms with Crippen molar-refractivity contribution in [2.24, 2.45) is 11.7 Å². The quantitative estimate of drug-likeness (QED) is 0.703. The molecule has 0 aliphatic heterocycles. The number of nitrogens with two attached hydrogens (primary N) is 1. The van der Waals surface area contributed by atoms with Crippen LogP contribution < -0.4 is 11.1 Å². The summed E-state index contributed by atoms with van der Waals surface area (Å²) in [7, 11) is 0. The molecule has 0 aromatic rings. The number of halogens is 1. The Morgan fingerprint density at radius 3 is 2.64 bits per heavy atom. The molecule has 3 nitrogen and oxygen atoms in total. The van der Waals surface area contributed by atoms with E-state index in [1.165, 1.54) is 6.42 Å². The number of alkyl halides is 1. The van der Waals surface area contributed by atoms with E-state index in [0.29, 0.717) is 18.8 Å². The molecule has 0 bridgehead atoms. The molecule has 1 atom stereocenters. The Bertz CT molecular complexity index is 236. The second-order valence-corrected chi connectivity index (χ2v) is 4.59. The molecular weight excluding hydrogens is 183 g/mol. The molecule has 0 heterocycles. The molecule has 2 rings (SSSR count). The monoisotopic (exact) mass is 200 g/mol. The Hall–Kier alpha value is -0.640. The van der Waals surface area contributed by atoms with Gasteiger partial charge in [0.1, 0.15) is 5.67 Å². The molecule has 14 heavy (non-hydrogen) atoms. The van der Waals surface area contributed by atoms with Crippen molar-refractivity contribution < 1.29 is 9.18 Å². The highest BCUT2D eigenvalue weighted by Gasteiger charge is 2.43. The van der Waals surface area contributed by atoms with E-state index in [9.17, 15) is 9.18 Å². The van der Waals surface area contributed by atoms with Crippen LogP contribution in [0, 0.1) is 5.92 Å². The van der Waals surface area contributed by atoms with Crippen molar-refractivity contribution in [1.82, 2.24) is 5.32 Å². The molecule has 1 amide bonds. The average molecular weight is 200 g/mol. The fourth-order valence-corrected chi connectivity index (χ4v) is 1.69. The Labute approximate surface area is 83.2 Å². The van der Waals surface area contributed by atoms with Crippen molar-refractivity contribution in [3.63, 3.8) is 0 Å². The fraction of sp³-hybridized carbons (Fsp3) is 0.900. The summed E-state index contributed by atoms with van der Waals surface area (Å²) in [6.07, 6.45) is 4.39. The second-order valence-electron chi connectivity index (χ2n) is 4.59. The zero-order valence-electron chi connectivity index (χ0n) is 8.26.